The van der Waals surface area contributed by atoms with Gasteiger partial charge in [-0.15, -0.1) is 0 Å². The van der Waals surface area contributed by atoms with Crippen molar-refractivity contribution in [3.63, 3.8) is 0 Å². The van der Waals surface area contributed by atoms with Crippen LogP contribution in [0.25, 0.3) is 0 Å². The first kappa shape index (κ1) is 13.8. The van der Waals surface area contributed by atoms with Crippen LogP contribution in [0.4, 0.5) is 8.78 Å². The molecule has 0 spiro atoms. The van der Waals surface area contributed by atoms with Crippen LogP contribution in [0.15, 0.2) is 34.9 Å². The van der Waals surface area contributed by atoms with Crippen molar-refractivity contribution in [1.29, 1.82) is 0 Å². The molecule has 2 N–H and O–H groups in total. The van der Waals surface area contributed by atoms with Crippen molar-refractivity contribution < 1.29 is 13.5 Å². The Bertz CT molecular complexity index is 634. The normalized spacial score (nSPS) is 10.3. The molecular formula is C12H7BrF2N2OS. The molecule has 0 saturated carbocycles. The molecule has 98 valence electrons. The number of nitrogens with two attached hydrogens (primary N) is 1. The van der Waals surface area contributed by atoms with Crippen LogP contribution < -0.4 is 10.5 Å². The summed E-state index contributed by atoms with van der Waals surface area (Å²) < 4.78 is 32.3. The molecule has 3 nitrogen and oxygen atoms in total. The summed E-state index contributed by atoms with van der Waals surface area (Å²) in [5.74, 6) is -2.06. The summed E-state index contributed by atoms with van der Waals surface area (Å²) in [6, 6.07) is 5.37. The zero-order valence-corrected chi connectivity index (χ0v) is 11.8. The number of halogens is 3. The molecule has 0 aliphatic rings. The molecule has 1 heterocycles. The summed E-state index contributed by atoms with van der Waals surface area (Å²) in [4.78, 5) is 4.07. The Hall–Kier alpha value is -1.60. The number of nitrogens with zero attached hydrogens (tertiary/aromatic N) is 1. The van der Waals surface area contributed by atoms with Gasteiger partial charge in [-0.2, -0.15) is 4.39 Å². The Labute approximate surface area is 121 Å². The van der Waals surface area contributed by atoms with Crippen LogP contribution in [0.5, 0.6) is 11.5 Å². The lowest BCUT2D eigenvalue weighted by molar-refractivity contribution is 0.414. The van der Waals surface area contributed by atoms with Crippen LogP contribution in [-0.2, 0) is 0 Å². The molecule has 0 saturated heterocycles. The van der Waals surface area contributed by atoms with E-state index in [2.05, 4.69) is 20.9 Å². The SMILES string of the molecule is NC(=S)c1ccc(Oc2cc(Br)cc(F)c2F)cn1. The molecule has 0 amide bonds. The molecule has 0 unspecified atom stereocenters. The Morgan fingerprint density at radius 3 is 2.63 bits per heavy atom. The zero-order chi connectivity index (χ0) is 14.0. The van der Waals surface area contributed by atoms with Crippen molar-refractivity contribution in [2.45, 2.75) is 0 Å². The van der Waals surface area contributed by atoms with E-state index in [1.165, 1.54) is 24.4 Å². The summed E-state index contributed by atoms with van der Waals surface area (Å²) in [5.41, 5.74) is 5.81. The molecule has 2 rings (SSSR count). The highest BCUT2D eigenvalue weighted by Crippen LogP contribution is 2.29. The van der Waals surface area contributed by atoms with Crippen LogP contribution >= 0.6 is 28.1 Å². The third-order valence-electron chi connectivity index (χ3n) is 2.18. The van der Waals surface area contributed by atoms with Crippen molar-refractivity contribution >= 4 is 33.1 Å². The molecule has 19 heavy (non-hydrogen) atoms. The van der Waals surface area contributed by atoms with E-state index in [1.807, 2.05) is 0 Å². The van der Waals surface area contributed by atoms with Crippen molar-refractivity contribution in [1.82, 2.24) is 4.98 Å². The second-order valence-electron chi connectivity index (χ2n) is 3.55. The first-order chi connectivity index (χ1) is 8.97. The average molecular weight is 345 g/mol. The maximum atomic E-state index is 13.5. The topological polar surface area (TPSA) is 48.1 Å². The lowest BCUT2D eigenvalue weighted by atomic mass is 10.3. The first-order valence-corrected chi connectivity index (χ1v) is 6.26. The van der Waals surface area contributed by atoms with Gasteiger partial charge >= 0.3 is 0 Å². The molecule has 1 aromatic heterocycles. The minimum Gasteiger partial charge on any atom is -0.453 e. The number of hydrogen-bond donors (Lipinski definition) is 1. The average Bonchev–Trinajstić information content (AvgIpc) is 2.36. The first-order valence-electron chi connectivity index (χ1n) is 5.05. The van der Waals surface area contributed by atoms with Gasteiger partial charge in [-0.1, -0.05) is 28.1 Å². The van der Waals surface area contributed by atoms with Crippen LogP contribution in [0, 0.1) is 11.6 Å². The number of pyridine rings is 1. The van der Waals surface area contributed by atoms with E-state index in [1.54, 1.807) is 0 Å². The van der Waals surface area contributed by atoms with Gasteiger partial charge in [0.25, 0.3) is 0 Å². The highest BCUT2D eigenvalue weighted by atomic mass is 79.9. The highest BCUT2D eigenvalue weighted by molar-refractivity contribution is 9.10. The second-order valence-corrected chi connectivity index (χ2v) is 4.90. The van der Waals surface area contributed by atoms with E-state index < -0.39 is 11.6 Å². The van der Waals surface area contributed by atoms with E-state index in [-0.39, 0.29) is 16.5 Å². The largest absolute Gasteiger partial charge is 0.453 e. The Kier molecular flexibility index (Phi) is 4.06. The minimum atomic E-state index is -1.07. The van der Waals surface area contributed by atoms with Gasteiger partial charge in [-0.05, 0) is 24.3 Å². The summed E-state index contributed by atoms with van der Waals surface area (Å²) in [5, 5.41) is 0. The second kappa shape index (κ2) is 5.58. The number of hydrogen-bond acceptors (Lipinski definition) is 3. The van der Waals surface area contributed by atoms with Gasteiger partial charge in [0.2, 0.25) is 5.82 Å². The smallest absolute Gasteiger partial charge is 0.201 e. The van der Waals surface area contributed by atoms with E-state index in [0.29, 0.717) is 10.2 Å². The van der Waals surface area contributed by atoms with Gasteiger partial charge in [-0.25, -0.2) is 9.37 Å². The van der Waals surface area contributed by atoms with Gasteiger partial charge in [0.15, 0.2) is 11.6 Å². The number of rotatable bonds is 3. The van der Waals surface area contributed by atoms with Crippen LogP contribution in [-0.4, -0.2) is 9.97 Å². The van der Waals surface area contributed by atoms with Crippen molar-refractivity contribution in [2.24, 2.45) is 5.73 Å². The third kappa shape index (κ3) is 3.24. The predicted molar refractivity (Wildman–Crippen MR) is 74.3 cm³/mol. The highest BCUT2D eigenvalue weighted by Gasteiger charge is 2.12. The Morgan fingerprint density at radius 2 is 2.05 bits per heavy atom. The lowest BCUT2D eigenvalue weighted by Crippen LogP contribution is -2.10. The standard InChI is InChI=1S/C12H7BrF2N2OS/c13-6-3-8(14)11(15)10(4-6)18-7-1-2-9(12(16)19)17-5-7/h1-5H,(H2,16,19). The van der Waals surface area contributed by atoms with Crippen LogP contribution in [0.1, 0.15) is 5.69 Å². The molecular weight excluding hydrogens is 338 g/mol. The van der Waals surface area contributed by atoms with E-state index in [9.17, 15) is 8.78 Å². The van der Waals surface area contributed by atoms with Gasteiger partial charge in [-0.3, -0.25) is 0 Å². The molecule has 0 aliphatic heterocycles. The molecule has 2 aromatic rings. The molecule has 7 heteroatoms. The fourth-order valence-corrected chi connectivity index (χ4v) is 1.85. The van der Waals surface area contributed by atoms with Crippen molar-refractivity contribution in [2.75, 3.05) is 0 Å². The fourth-order valence-electron chi connectivity index (χ4n) is 1.32. The molecule has 1 aromatic carbocycles. The van der Waals surface area contributed by atoms with E-state index >= 15 is 0 Å². The molecule has 0 aliphatic carbocycles. The minimum absolute atomic E-state index is 0.145. The molecule has 0 atom stereocenters. The number of thiocarbonyl (C=S) groups is 1. The van der Waals surface area contributed by atoms with Gasteiger partial charge < -0.3 is 10.5 Å². The summed E-state index contributed by atoms with van der Waals surface area (Å²) in [7, 11) is 0. The predicted octanol–water partition coefficient (Wildman–Crippen LogP) is 3.55. The zero-order valence-electron chi connectivity index (χ0n) is 9.36. The van der Waals surface area contributed by atoms with Crippen molar-refractivity contribution in [3.8, 4) is 11.5 Å². The van der Waals surface area contributed by atoms with Gasteiger partial charge in [0, 0.05) is 4.47 Å². The van der Waals surface area contributed by atoms with E-state index in [0.717, 1.165) is 6.07 Å². The Morgan fingerprint density at radius 1 is 1.32 bits per heavy atom. The maximum Gasteiger partial charge on any atom is 0.201 e. The van der Waals surface area contributed by atoms with Gasteiger partial charge in [0.05, 0.1) is 11.9 Å². The number of aromatic nitrogens is 1. The molecule has 0 fully saturated rings. The number of ether oxygens (including phenoxy) is 1. The quantitative estimate of drug-likeness (QED) is 0.683. The maximum absolute atomic E-state index is 13.5. The summed E-state index contributed by atoms with van der Waals surface area (Å²) >= 11 is 7.80. The van der Waals surface area contributed by atoms with Gasteiger partial charge in [0.1, 0.15) is 10.7 Å². The van der Waals surface area contributed by atoms with E-state index in [4.69, 9.17) is 22.7 Å². The van der Waals surface area contributed by atoms with Crippen LogP contribution in [0.2, 0.25) is 0 Å². The third-order valence-corrected chi connectivity index (χ3v) is 2.84. The summed E-state index contributed by atoms with van der Waals surface area (Å²) in [6.45, 7) is 0. The number of benzene rings is 1. The molecule has 0 radical (unpaired) electrons. The fraction of sp³-hybridized carbons (Fsp3) is 0. The Balaban J connectivity index is 2.28. The molecule has 0 bridgehead atoms. The van der Waals surface area contributed by atoms with Crippen LogP contribution in [0.3, 0.4) is 0 Å². The lowest BCUT2D eigenvalue weighted by Gasteiger charge is -2.08. The monoisotopic (exact) mass is 344 g/mol. The summed E-state index contributed by atoms with van der Waals surface area (Å²) in [6.07, 6.45) is 1.33. The van der Waals surface area contributed by atoms with Crippen molar-refractivity contribution in [3.05, 3.63) is 52.3 Å².